The summed E-state index contributed by atoms with van der Waals surface area (Å²) in [7, 11) is -1.10. The first-order valence-electron chi connectivity index (χ1n) is 6.54. The van der Waals surface area contributed by atoms with E-state index in [1.807, 2.05) is 0 Å². The third kappa shape index (κ3) is 3.50. The molecule has 7 heteroatoms. The summed E-state index contributed by atoms with van der Waals surface area (Å²) in [5, 5.41) is 0. The van der Waals surface area contributed by atoms with E-state index in [0.717, 1.165) is 6.26 Å². The van der Waals surface area contributed by atoms with Crippen molar-refractivity contribution in [2.75, 3.05) is 20.5 Å². The van der Waals surface area contributed by atoms with E-state index < -0.39 is 21.6 Å². The molecular weight excluding hydrogens is 323 g/mol. The molecule has 0 atom stereocenters. The smallest absolute Gasteiger partial charge is 0.339 e. The van der Waals surface area contributed by atoms with Crippen LogP contribution in [0.15, 0.2) is 41.3 Å². The van der Waals surface area contributed by atoms with Crippen LogP contribution in [-0.4, -0.2) is 34.9 Å². The van der Waals surface area contributed by atoms with Gasteiger partial charge in [0.15, 0.2) is 9.84 Å². The molecule has 2 aromatic carbocycles. The fraction of sp³-hybridized carbons (Fsp3) is 0.188. The van der Waals surface area contributed by atoms with E-state index in [-0.39, 0.29) is 16.2 Å². The minimum atomic E-state index is -3.66. The van der Waals surface area contributed by atoms with E-state index in [0.29, 0.717) is 11.1 Å². The van der Waals surface area contributed by atoms with Gasteiger partial charge in [-0.3, -0.25) is 0 Å². The van der Waals surface area contributed by atoms with E-state index in [9.17, 15) is 17.6 Å². The first-order chi connectivity index (χ1) is 10.8. The molecule has 0 aliphatic rings. The maximum absolute atomic E-state index is 13.3. The van der Waals surface area contributed by atoms with Crippen LogP contribution in [0.3, 0.4) is 0 Å². The highest BCUT2D eigenvalue weighted by Crippen LogP contribution is 2.33. The number of ether oxygens (including phenoxy) is 2. The summed E-state index contributed by atoms with van der Waals surface area (Å²) in [6, 6.07) is 8.18. The van der Waals surface area contributed by atoms with Gasteiger partial charge < -0.3 is 9.47 Å². The molecule has 0 aliphatic carbocycles. The molecule has 0 saturated heterocycles. The Morgan fingerprint density at radius 3 is 2.35 bits per heavy atom. The Morgan fingerprint density at radius 1 is 1.09 bits per heavy atom. The Bertz CT molecular complexity index is 859. The number of halogens is 1. The summed E-state index contributed by atoms with van der Waals surface area (Å²) < 4.78 is 47.0. The summed E-state index contributed by atoms with van der Waals surface area (Å²) in [5.74, 6) is -0.960. The highest BCUT2D eigenvalue weighted by molar-refractivity contribution is 7.90. The molecule has 0 aliphatic heterocycles. The summed E-state index contributed by atoms with van der Waals surface area (Å²) in [4.78, 5) is 11.6. The van der Waals surface area contributed by atoms with Crippen LogP contribution in [0.5, 0.6) is 5.75 Å². The lowest BCUT2D eigenvalue weighted by atomic mass is 10.0. The van der Waals surface area contributed by atoms with Crippen molar-refractivity contribution in [2.24, 2.45) is 0 Å². The van der Waals surface area contributed by atoms with Crippen LogP contribution >= 0.6 is 0 Å². The first-order valence-corrected chi connectivity index (χ1v) is 8.43. The minimum Gasteiger partial charge on any atom is -0.496 e. The van der Waals surface area contributed by atoms with Crippen molar-refractivity contribution in [2.45, 2.75) is 4.90 Å². The number of esters is 1. The second-order valence-electron chi connectivity index (χ2n) is 4.82. The summed E-state index contributed by atoms with van der Waals surface area (Å²) in [6.45, 7) is 0. The van der Waals surface area contributed by atoms with Crippen LogP contribution in [0, 0.1) is 5.82 Å². The molecule has 0 radical (unpaired) electrons. The number of rotatable bonds is 4. The summed E-state index contributed by atoms with van der Waals surface area (Å²) >= 11 is 0. The van der Waals surface area contributed by atoms with Gasteiger partial charge in [-0.1, -0.05) is 6.07 Å². The number of hydrogen-bond donors (Lipinski definition) is 0. The lowest BCUT2D eigenvalue weighted by Crippen LogP contribution is -2.10. The zero-order valence-corrected chi connectivity index (χ0v) is 13.6. The molecule has 0 heterocycles. The van der Waals surface area contributed by atoms with Gasteiger partial charge in [0.2, 0.25) is 0 Å². The molecule has 0 bridgehead atoms. The largest absolute Gasteiger partial charge is 0.496 e. The molecule has 23 heavy (non-hydrogen) atoms. The van der Waals surface area contributed by atoms with Gasteiger partial charge in [0.05, 0.1) is 24.7 Å². The minimum absolute atomic E-state index is 0.0557. The Morgan fingerprint density at radius 2 is 1.78 bits per heavy atom. The molecule has 2 aromatic rings. The van der Waals surface area contributed by atoms with Gasteiger partial charge >= 0.3 is 5.97 Å². The van der Waals surface area contributed by atoms with E-state index >= 15 is 0 Å². The molecular formula is C16H15FO5S. The SMILES string of the molecule is COC(=O)c1ccc(-c2ccc(F)cc2OC)cc1S(C)(=O)=O. The number of sulfone groups is 1. The molecule has 2 rings (SSSR count). The molecule has 0 aromatic heterocycles. The van der Waals surface area contributed by atoms with E-state index in [1.54, 1.807) is 6.07 Å². The average Bonchev–Trinajstić information content (AvgIpc) is 2.52. The Hall–Kier alpha value is -2.41. The lowest BCUT2D eigenvalue weighted by molar-refractivity contribution is 0.0596. The molecule has 0 saturated carbocycles. The Balaban J connectivity index is 2.70. The van der Waals surface area contributed by atoms with Crippen LogP contribution in [0.4, 0.5) is 4.39 Å². The van der Waals surface area contributed by atoms with Crippen molar-refractivity contribution in [3.63, 3.8) is 0 Å². The second kappa shape index (κ2) is 6.37. The molecule has 122 valence electrons. The summed E-state index contributed by atoms with van der Waals surface area (Å²) in [6.07, 6.45) is 1.00. The maximum Gasteiger partial charge on any atom is 0.339 e. The van der Waals surface area contributed by atoms with Crippen molar-refractivity contribution >= 4 is 15.8 Å². The van der Waals surface area contributed by atoms with Gasteiger partial charge in [-0.2, -0.15) is 0 Å². The van der Waals surface area contributed by atoms with Gasteiger partial charge in [0.1, 0.15) is 11.6 Å². The highest BCUT2D eigenvalue weighted by atomic mass is 32.2. The third-order valence-corrected chi connectivity index (χ3v) is 4.40. The highest BCUT2D eigenvalue weighted by Gasteiger charge is 2.21. The average molecular weight is 338 g/mol. The normalized spacial score (nSPS) is 11.1. The van der Waals surface area contributed by atoms with E-state index in [4.69, 9.17) is 4.74 Å². The zero-order chi connectivity index (χ0) is 17.2. The number of hydrogen-bond acceptors (Lipinski definition) is 5. The fourth-order valence-corrected chi connectivity index (χ4v) is 3.07. The molecule has 0 spiro atoms. The monoisotopic (exact) mass is 338 g/mol. The van der Waals surface area contributed by atoms with Crippen molar-refractivity contribution < 1.29 is 27.1 Å². The molecule has 0 fully saturated rings. The molecule has 5 nitrogen and oxygen atoms in total. The summed E-state index contributed by atoms with van der Waals surface area (Å²) in [5.41, 5.74) is 0.935. The Kier molecular flexibility index (Phi) is 4.70. The van der Waals surface area contributed by atoms with Crippen molar-refractivity contribution in [1.29, 1.82) is 0 Å². The number of carbonyl (C=O) groups is 1. The maximum atomic E-state index is 13.3. The zero-order valence-electron chi connectivity index (χ0n) is 12.8. The quantitative estimate of drug-likeness (QED) is 0.802. The van der Waals surface area contributed by atoms with Gasteiger partial charge in [-0.15, -0.1) is 0 Å². The van der Waals surface area contributed by atoms with Gasteiger partial charge in [-0.05, 0) is 29.8 Å². The fourth-order valence-electron chi connectivity index (χ4n) is 2.18. The first kappa shape index (κ1) is 17.0. The van der Waals surface area contributed by atoms with Crippen LogP contribution in [0.2, 0.25) is 0 Å². The molecule has 0 unspecified atom stereocenters. The van der Waals surface area contributed by atoms with Crippen LogP contribution in [0.25, 0.3) is 11.1 Å². The van der Waals surface area contributed by atoms with Crippen molar-refractivity contribution in [3.05, 3.63) is 47.8 Å². The number of methoxy groups -OCH3 is 2. The second-order valence-corrected chi connectivity index (χ2v) is 6.80. The predicted molar refractivity (Wildman–Crippen MR) is 82.8 cm³/mol. The molecule has 0 N–H and O–H groups in total. The van der Waals surface area contributed by atoms with Gasteiger partial charge in [0, 0.05) is 17.9 Å². The predicted octanol–water partition coefficient (Wildman–Crippen LogP) is 2.69. The van der Waals surface area contributed by atoms with E-state index in [2.05, 4.69) is 4.74 Å². The Labute approximate surface area is 133 Å². The van der Waals surface area contributed by atoms with E-state index in [1.165, 1.54) is 44.6 Å². The van der Waals surface area contributed by atoms with Gasteiger partial charge in [-0.25, -0.2) is 17.6 Å². The lowest BCUT2D eigenvalue weighted by Gasteiger charge is -2.12. The van der Waals surface area contributed by atoms with Crippen molar-refractivity contribution in [1.82, 2.24) is 0 Å². The van der Waals surface area contributed by atoms with Crippen LogP contribution < -0.4 is 4.74 Å². The molecule has 0 amide bonds. The standard InChI is InChI=1S/C16H15FO5S/c1-21-14-9-11(17)5-7-12(14)10-4-6-13(16(18)22-2)15(8-10)23(3,19)20/h4-9H,1-3H3. The topological polar surface area (TPSA) is 69.7 Å². The number of benzene rings is 2. The van der Waals surface area contributed by atoms with Crippen molar-refractivity contribution in [3.8, 4) is 16.9 Å². The van der Waals surface area contributed by atoms with Crippen LogP contribution in [0.1, 0.15) is 10.4 Å². The third-order valence-electron chi connectivity index (χ3n) is 3.26. The van der Waals surface area contributed by atoms with Gasteiger partial charge in [0.25, 0.3) is 0 Å². The number of carbonyl (C=O) groups excluding carboxylic acids is 1. The van der Waals surface area contributed by atoms with Crippen LogP contribution in [-0.2, 0) is 14.6 Å².